The maximum Gasteiger partial charge on any atom is 0.296 e. The Bertz CT molecular complexity index is 1630. The summed E-state index contributed by atoms with van der Waals surface area (Å²) < 4.78 is 11.7. The maximum absolute atomic E-state index is 13.5. The second kappa shape index (κ2) is 11.9. The summed E-state index contributed by atoms with van der Waals surface area (Å²) in [6.07, 6.45) is 1.63. The third-order valence-electron chi connectivity index (χ3n) is 5.95. The van der Waals surface area contributed by atoms with Crippen LogP contribution in [0, 0.1) is 6.92 Å². The van der Waals surface area contributed by atoms with Gasteiger partial charge in [0, 0.05) is 15.8 Å². The van der Waals surface area contributed by atoms with E-state index >= 15 is 0 Å². The molecule has 0 spiro atoms. The molecule has 12 heteroatoms. The lowest BCUT2D eigenvalue weighted by molar-refractivity contribution is -0.117. The normalized spacial score (nSPS) is 15.1. The second-order valence-electron chi connectivity index (χ2n) is 8.62. The zero-order valence-corrected chi connectivity index (χ0v) is 24.1. The number of ether oxygens (including phenoxy) is 1. The van der Waals surface area contributed by atoms with Gasteiger partial charge in [0.1, 0.15) is 18.1 Å². The first kappa shape index (κ1) is 28.0. The van der Waals surface area contributed by atoms with E-state index in [1.807, 2.05) is 6.07 Å². The summed E-state index contributed by atoms with van der Waals surface area (Å²) in [5.41, 5.74) is 1.31. The van der Waals surface area contributed by atoms with Crippen molar-refractivity contribution in [3.8, 4) is 5.75 Å². The van der Waals surface area contributed by atoms with E-state index in [9.17, 15) is 14.7 Å². The van der Waals surface area contributed by atoms with Crippen LogP contribution >= 0.6 is 46.3 Å². The van der Waals surface area contributed by atoms with Crippen LogP contribution < -0.4 is 9.64 Å². The second-order valence-corrected chi connectivity index (χ2v) is 11.6. The average molecular weight is 615 g/mol. The molecule has 0 fully saturated rings. The van der Waals surface area contributed by atoms with Crippen LogP contribution in [0.3, 0.4) is 0 Å². The quantitative estimate of drug-likeness (QED) is 0.0854. The van der Waals surface area contributed by atoms with E-state index in [2.05, 4.69) is 16.8 Å². The molecule has 0 saturated carbocycles. The molecule has 8 nitrogen and oxygen atoms in total. The molecular formula is C28H21Cl2N3O5S2. The number of nitrogens with zero attached hydrogens (tertiary/aromatic N) is 3. The lowest BCUT2D eigenvalue weighted by Crippen LogP contribution is -2.31. The van der Waals surface area contributed by atoms with Gasteiger partial charge in [-0.2, -0.15) is 0 Å². The first-order chi connectivity index (χ1) is 19.3. The van der Waals surface area contributed by atoms with Crippen LogP contribution in [0.5, 0.6) is 5.75 Å². The van der Waals surface area contributed by atoms with Gasteiger partial charge in [0.2, 0.25) is 10.9 Å². The van der Waals surface area contributed by atoms with Gasteiger partial charge < -0.3 is 14.3 Å². The number of Topliss-reactive ketones (excluding diaryl/α,β-unsaturated/α-hetero) is 1. The van der Waals surface area contributed by atoms with Crippen molar-refractivity contribution in [2.75, 3.05) is 11.5 Å². The number of aromatic nitrogens is 2. The van der Waals surface area contributed by atoms with Crippen molar-refractivity contribution in [1.29, 1.82) is 0 Å². The maximum atomic E-state index is 13.5. The molecule has 0 bridgehead atoms. The summed E-state index contributed by atoms with van der Waals surface area (Å²) in [5.74, 6) is -0.424. The number of carbonyl (C=O) groups is 2. The predicted molar refractivity (Wildman–Crippen MR) is 156 cm³/mol. The van der Waals surface area contributed by atoms with Gasteiger partial charge in [-0.15, -0.1) is 10.2 Å². The van der Waals surface area contributed by atoms with Crippen LogP contribution in [0.15, 0.2) is 87.3 Å². The minimum atomic E-state index is -0.977. The van der Waals surface area contributed by atoms with Crippen LogP contribution in [0.2, 0.25) is 10.0 Å². The van der Waals surface area contributed by atoms with Gasteiger partial charge in [-0.05, 0) is 54.4 Å². The summed E-state index contributed by atoms with van der Waals surface area (Å²) in [6, 6.07) is 14.3. The van der Waals surface area contributed by atoms with Gasteiger partial charge in [-0.25, -0.2) is 0 Å². The highest BCUT2D eigenvalue weighted by molar-refractivity contribution is 8.00. The van der Waals surface area contributed by atoms with Crippen molar-refractivity contribution in [3.63, 3.8) is 0 Å². The number of aliphatic hydroxyl groups excluding tert-OH is 1. The molecule has 1 aliphatic heterocycles. The number of aryl methyl sites for hydroxylation is 1. The van der Waals surface area contributed by atoms with Crippen molar-refractivity contribution in [3.05, 3.63) is 111 Å². The third kappa shape index (κ3) is 5.66. The Morgan fingerprint density at radius 3 is 2.65 bits per heavy atom. The number of hydrogen-bond donors (Lipinski definition) is 1. The van der Waals surface area contributed by atoms with E-state index in [1.54, 1.807) is 55.5 Å². The smallest absolute Gasteiger partial charge is 0.296 e. The van der Waals surface area contributed by atoms with E-state index in [-0.39, 0.29) is 16.5 Å². The number of anilines is 1. The topological polar surface area (TPSA) is 106 Å². The highest BCUT2D eigenvalue weighted by Crippen LogP contribution is 2.44. The molecule has 0 aliphatic carbocycles. The Labute approximate surface area is 247 Å². The zero-order chi connectivity index (χ0) is 28.4. The van der Waals surface area contributed by atoms with Gasteiger partial charge >= 0.3 is 0 Å². The standard InChI is InChI=1S/C28H21Cl2N3O5S2/c1-3-12-37-19-9-6-16(7-10-19)23-22(24(34)21-11-4-15(2)38-21)25(35)26(36)33(23)27-31-32-28(40-27)39-14-17-5-8-18(29)13-20(17)30/h3-11,13,23,35H,1,12,14H2,2H3. The fourth-order valence-electron chi connectivity index (χ4n) is 4.08. The molecule has 1 atom stereocenters. The monoisotopic (exact) mass is 613 g/mol. The van der Waals surface area contributed by atoms with E-state index in [0.717, 1.165) is 16.9 Å². The summed E-state index contributed by atoms with van der Waals surface area (Å²) in [5, 5.41) is 20.7. The van der Waals surface area contributed by atoms with Crippen LogP contribution in [-0.2, 0) is 10.5 Å². The van der Waals surface area contributed by atoms with Gasteiger partial charge in [0.25, 0.3) is 5.91 Å². The van der Waals surface area contributed by atoms with E-state index in [4.69, 9.17) is 32.4 Å². The summed E-state index contributed by atoms with van der Waals surface area (Å²) in [7, 11) is 0. The van der Waals surface area contributed by atoms with Gasteiger partial charge in [-0.1, -0.05) is 77.2 Å². The summed E-state index contributed by atoms with van der Waals surface area (Å²) >= 11 is 14.8. The number of rotatable bonds is 10. The van der Waals surface area contributed by atoms with Crippen LogP contribution in [0.25, 0.3) is 0 Å². The van der Waals surface area contributed by atoms with Gasteiger partial charge in [0.05, 0.1) is 11.6 Å². The molecule has 1 amide bonds. The fourth-order valence-corrected chi connectivity index (χ4v) is 6.50. The van der Waals surface area contributed by atoms with E-state index < -0.39 is 23.5 Å². The highest BCUT2D eigenvalue weighted by Gasteiger charge is 2.46. The largest absolute Gasteiger partial charge is 0.503 e. The Kier molecular flexibility index (Phi) is 8.32. The number of furan rings is 1. The number of ketones is 1. The molecule has 1 aliphatic rings. The number of thioether (sulfide) groups is 1. The molecular weight excluding hydrogens is 593 g/mol. The zero-order valence-electron chi connectivity index (χ0n) is 21.0. The Morgan fingerprint density at radius 1 is 1.20 bits per heavy atom. The summed E-state index contributed by atoms with van der Waals surface area (Å²) in [6.45, 7) is 5.67. The lowest BCUT2D eigenvalue weighted by atomic mass is 9.95. The minimum absolute atomic E-state index is 0.0120. The molecule has 40 heavy (non-hydrogen) atoms. The minimum Gasteiger partial charge on any atom is -0.503 e. The van der Waals surface area contributed by atoms with Crippen molar-refractivity contribution in [2.24, 2.45) is 0 Å². The molecule has 5 rings (SSSR count). The Hall–Kier alpha value is -3.57. The van der Waals surface area contributed by atoms with Crippen molar-refractivity contribution in [1.82, 2.24) is 10.2 Å². The molecule has 1 unspecified atom stereocenters. The molecule has 2 aromatic heterocycles. The van der Waals surface area contributed by atoms with Crippen molar-refractivity contribution >= 4 is 63.1 Å². The average Bonchev–Trinajstić information content (AvgIpc) is 3.65. The van der Waals surface area contributed by atoms with E-state index in [0.29, 0.717) is 43.8 Å². The predicted octanol–water partition coefficient (Wildman–Crippen LogP) is 7.39. The van der Waals surface area contributed by atoms with Crippen LogP contribution in [-0.4, -0.2) is 33.6 Å². The third-order valence-corrected chi connectivity index (χ3v) is 8.64. The van der Waals surface area contributed by atoms with Gasteiger partial charge in [-0.3, -0.25) is 14.5 Å². The van der Waals surface area contributed by atoms with Crippen LogP contribution in [0.4, 0.5) is 5.13 Å². The Morgan fingerprint density at radius 2 is 1.98 bits per heavy atom. The van der Waals surface area contributed by atoms with Crippen LogP contribution in [0.1, 0.15) is 33.5 Å². The fraction of sp³-hybridized carbons (Fsp3) is 0.143. The molecule has 204 valence electrons. The highest BCUT2D eigenvalue weighted by atomic mass is 35.5. The first-order valence-electron chi connectivity index (χ1n) is 11.9. The Balaban J connectivity index is 1.48. The SMILES string of the molecule is C=CCOc1ccc(C2C(C(=O)c3ccc(C)o3)=C(O)C(=O)N2c2nnc(SCc3ccc(Cl)cc3Cl)s2)cc1. The molecule has 4 aromatic rings. The number of hydrogen-bond acceptors (Lipinski definition) is 9. The molecule has 3 heterocycles. The van der Waals surface area contributed by atoms with Crippen molar-refractivity contribution < 1.29 is 23.8 Å². The number of carbonyl (C=O) groups excluding carboxylic acids is 2. The van der Waals surface area contributed by atoms with Crippen molar-refractivity contribution in [2.45, 2.75) is 23.1 Å². The number of benzene rings is 2. The first-order valence-corrected chi connectivity index (χ1v) is 14.4. The number of halogens is 2. The molecule has 0 radical (unpaired) electrons. The lowest BCUT2D eigenvalue weighted by Gasteiger charge is -2.24. The number of aliphatic hydroxyl groups is 1. The number of amides is 1. The molecule has 2 aromatic carbocycles. The molecule has 1 N–H and O–H groups in total. The van der Waals surface area contributed by atoms with Gasteiger partial charge in [0.15, 0.2) is 15.9 Å². The molecule has 0 saturated heterocycles. The summed E-state index contributed by atoms with van der Waals surface area (Å²) in [4.78, 5) is 28.2. The van der Waals surface area contributed by atoms with E-state index in [1.165, 1.54) is 22.7 Å².